The lowest BCUT2D eigenvalue weighted by Crippen LogP contribution is -2.48. The third-order valence-electron chi connectivity index (χ3n) is 7.82. The van der Waals surface area contributed by atoms with Crippen LogP contribution < -0.4 is 0 Å². The van der Waals surface area contributed by atoms with Gasteiger partial charge < -0.3 is 34.6 Å². The van der Waals surface area contributed by atoms with Gasteiger partial charge in [0, 0.05) is 92.6 Å². The number of likely N-dealkylation sites (N-methyl/N-ethyl adjacent to an activating group) is 2. The van der Waals surface area contributed by atoms with Crippen molar-refractivity contribution < 1.29 is 48.8 Å². The van der Waals surface area contributed by atoms with Crippen LogP contribution in [0.1, 0.15) is 0 Å². The summed E-state index contributed by atoms with van der Waals surface area (Å²) in [6.45, 7) is 7.02. The summed E-state index contributed by atoms with van der Waals surface area (Å²) >= 11 is 0. The van der Waals surface area contributed by atoms with Crippen LogP contribution in [0.4, 0.5) is 0 Å². The number of nitrogens with zero attached hydrogens (tertiary/aromatic N) is 7. The summed E-state index contributed by atoms with van der Waals surface area (Å²) < 4.78 is 10.7. The predicted molar refractivity (Wildman–Crippen MR) is 162 cm³/mol. The van der Waals surface area contributed by atoms with E-state index in [4.69, 9.17) is 9.47 Å². The number of aliphatic carboxylic acids is 3. The van der Waals surface area contributed by atoms with Gasteiger partial charge in [-0.05, 0) is 0 Å². The number of hydrogen-bond acceptors (Lipinski definition) is 12. The van der Waals surface area contributed by atoms with Gasteiger partial charge in [0.05, 0.1) is 59.2 Å². The van der Waals surface area contributed by atoms with Gasteiger partial charge in [0.25, 0.3) is 0 Å². The highest BCUT2D eigenvalue weighted by atomic mass is 16.5. The van der Waals surface area contributed by atoms with Crippen LogP contribution in [0.15, 0.2) is 0 Å². The SMILES string of the molecule is CN(CCN1CCOCC1)C(=O)CN(CCN(CCN(CC(=O)O)CC(=O)N(C)CCN1CCOCC1)CC(=O)O)CC(=O)O. The first-order chi connectivity index (χ1) is 21.4. The van der Waals surface area contributed by atoms with Crippen LogP contribution in [0, 0.1) is 0 Å². The molecule has 17 heteroatoms. The number of hydrogen-bond donors (Lipinski definition) is 3. The summed E-state index contributed by atoms with van der Waals surface area (Å²) in [6.07, 6.45) is 0. The van der Waals surface area contributed by atoms with E-state index in [0.717, 1.165) is 26.2 Å². The molecule has 45 heavy (non-hydrogen) atoms. The lowest BCUT2D eigenvalue weighted by Gasteiger charge is -2.31. The van der Waals surface area contributed by atoms with Crippen molar-refractivity contribution >= 4 is 29.7 Å². The zero-order valence-electron chi connectivity index (χ0n) is 26.7. The fraction of sp³-hybridized carbons (Fsp3) is 0.821. The maximum absolute atomic E-state index is 12.9. The number of carboxylic acids is 3. The highest BCUT2D eigenvalue weighted by Gasteiger charge is 2.22. The minimum Gasteiger partial charge on any atom is -0.480 e. The zero-order valence-corrected chi connectivity index (χ0v) is 26.7. The van der Waals surface area contributed by atoms with Crippen LogP contribution >= 0.6 is 0 Å². The Kier molecular flexibility index (Phi) is 17.8. The van der Waals surface area contributed by atoms with E-state index in [1.165, 1.54) is 9.80 Å². The maximum atomic E-state index is 12.9. The molecule has 0 bridgehead atoms. The molecule has 0 aromatic carbocycles. The van der Waals surface area contributed by atoms with E-state index in [0.29, 0.717) is 52.6 Å². The molecule has 2 rings (SSSR count). The molecule has 258 valence electrons. The number of carbonyl (C=O) groups excluding carboxylic acids is 2. The number of carboxylic acid groups (broad SMARTS) is 3. The van der Waals surface area contributed by atoms with E-state index in [-0.39, 0.29) is 57.6 Å². The number of carbonyl (C=O) groups is 5. The summed E-state index contributed by atoms with van der Waals surface area (Å²) in [4.78, 5) is 72.3. The van der Waals surface area contributed by atoms with Crippen LogP contribution in [0.25, 0.3) is 0 Å². The Balaban J connectivity index is 1.90. The van der Waals surface area contributed by atoms with Crippen LogP contribution in [0.5, 0.6) is 0 Å². The van der Waals surface area contributed by atoms with Crippen molar-refractivity contribution in [2.24, 2.45) is 0 Å². The molecule has 2 amide bonds. The van der Waals surface area contributed by atoms with E-state index in [1.807, 2.05) is 0 Å². The largest absolute Gasteiger partial charge is 0.480 e. The minimum atomic E-state index is -1.12. The highest BCUT2D eigenvalue weighted by molar-refractivity contribution is 5.79. The second kappa shape index (κ2) is 21.0. The van der Waals surface area contributed by atoms with Gasteiger partial charge in [-0.15, -0.1) is 0 Å². The lowest BCUT2D eigenvalue weighted by atomic mass is 10.3. The summed E-state index contributed by atoms with van der Waals surface area (Å²) in [6, 6.07) is 0. The molecule has 2 aliphatic heterocycles. The molecule has 2 fully saturated rings. The average molecular weight is 646 g/mol. The van der Waals surface area contributed by atoms with Crippen molar-refractivity contribution in [2.45, 2.75) is 0 Å². The number of rotatable bonds is 22. The molecule has 0 aromatic rings. The molecule has 17 nitrogen and oxygen atoms in total. The molecule has 2 heterocycles. The molecule has 0 atom stereocenters. The molecule has 0 aromatic heterocycles. The fourth-order valence-corrected chi connectivity index (χ4v) is 4.94. The molecule has 3 N–H and O–H groups in total. The van der Waals surface area contributed by atoms with Gasteiger partial charge in [-0.1, -0.05) is 0 Å². The van der Waals surface area contributed by atoms with Crippen molar-refractivity contribution in [1.29, 1.82) is 0 Å². The summed E-state index contributed by atoms with van der Waals surface area (Å²) in [5, 5.41) is 28.3. The van der Waals surface area contributed by atoms with Gasteiger partial charge in [0.1, 0.15) is 0 Å². The summed E-state index contributed by atoms with van der Waals surface area (Å²) in [5.41, 5.74) is 0. The van der Waals surface area contributed by atoms with Crippen molar-refractivity contribution in [1.82, 2.24) is 34.3 Å². The summed E-state index contributed by atoms with van der Waals surface area (Å²) in [7, 11) is 3.33. The molecule has 0 spiro atoms. The Hall–Kier alpha value is -2.93. The Bertz CT molecular complexity index is 881. The van der Waals surface area contributed by atoms with Crippen LogP contribution in [-0.2, 0) is 33.4 Å². The third kappa shape index (κ3) is 16.8. The first-order valence-corrected chi connectivity index (χ1v) is 15.3. The third-order valence-corrected chi connectivity index (χ3v) is 7.82. The van der Waals surface area contributed by atoms with E-state index in [1.54, 1.807) is 28.8 Å². The Labute approximate surface area is 264 Å². The van der Waals surface area contributed by atoms with Crippen molar-refractivity contribution in [3.8, 4) is 0 Å². The van der Waals surface area contributed by atoms with E-state index in [2.05, 4.69) is 9.80 Å². The van der Waals surface area contributed by atoms with Gasteiger partial charge in [-0.25, -0.2) is 0 Å². The monoisotopic (exact) mass is 645 g/mol. The Morgan fingerprint density at radius 3 is 1.16 bits per heavy atom. The quantitative estimate of drug-likeness (QED) is 0.106. The molecule has 2 aliphatic rings. The molecule has 0 unspecified atom stereocenters. The molecule has 0 radical (unpaired) electrons. The maximum Gasteiger partial charge on any atom is 0.317 e. The number of amides is 2. The Morgan fingerprint density at radius 2 is 0.822 bits per heavy atom. The van der Waals surface area contributed by atoms with E-state index < -0.39 is 31.0 Å². The fourth-order valence-electron chi connectivity index (χ4n) is 4.94. The molecule has 2 saturated heterocycles. The standard InChI is InChI=1S/C28H51N7O10/c1-29(3-5-31-11-15-44-16-12-31)24(36)19-34(22-27(40)41)9-7-33(21-26(38)39)8-10-35(23-28(42)43)20-25(37)30(2)4-6-32-13-17-45-18-14-32/h3-23H2,1-2H3,(H,38,39)(H,40,41)(H,42,43). The average Bonchev–Trinajstić information content (AvgIpc) is 2.99. The minimum absolute atomic E-state index is 0.102. The van der Waals surface area contributed by atoms with Crippen molar-refractivity contribution in [3.05, 3.63) is 0 Å². The summed E-state index contributed by atoms with van der Waals surface area (Å²) in [5.74, 6) is -3.85. The van der Waals surface area contributed by atoms with Crippen LogP contribution in [0.3, 0.4) is 0 Å². The first kappa shape index (κ1) is 38.3. The van der Waals surface area contributed by atoms with Gasteiger partial charge in [0.15, 0.2) is 0 Å². The van der Waals surface area contributed by atoms with Gasteiger partial charge in [-0.3, -0.25) is 48.5 Å². The Morgan fingerprint density at radius 1 is 0.511 bits per heavy atom. The normalized spacial score (nSPS) is 16.3. The molecular weight excluding hydrogens is 594 g/mol. The number of ether oxygens (including phenoxy) is 2. The van der Waals surface area contributed by atoms with Crippen LogP contribution in [0.2, 0.25) is 0 Å². The molecule has 0 aliphatic carbocycles. The number of morpholine rings is 2. The molecular formula is C28H51N7O10. The second-order valence-corrected chi connectivity index (χ2v) is 11.4. The second-order valence-electron chi connectivity index (χ2n) is 11.4. The van der Waals surface area contributed by atoms with Gasteiger partial charge in [0.2, 0.25) is 11.8 Å². The van der Waals surface area contributed by atoms with Crippen molar-refractivity contribution in [3.63, 3.8) is 0 Å². The van der Waals surface area contributed by atoms with Gasteiger partial charge >= 0.3 is 17.9 Å². The molecule has 0 saturated carbocycles. The zero-order chi connectivity index (χ0) is 33.2. The van der Waals surface area contributed by atoms with E-state index in [9.17, 15) is 39.3 Å². The van der Waals surface area contributed by atoms with Crippen molar-refractivity contribution in [2.75, 3.05) is 152 Å². The first-order valence-electron chi connectivity index (χ1n) is 15.3. The predicted octanol–water partition coefficient (Wildman–Crippen LogP) is -3.27. The highest BCUT2D eigenvalue weighted by Crippen LogP contribution is 2.02. The lowest BCUT2D eigenvalue weighted by molar-refractivity contribution is -0.141. The smallest absolute Gasteiger partial charge is 0.317 e. The van der Waals surface area contributed by atoms with E-state index >= 15 is 0 Å². The van der Waals surface area contributed by atoms with Crippen LogP contribution in [-0.4, -0.2) is 231 Å². The van der Waals surface area contributed by atoms with Gasteiger partial charge in [-0.2, -0.15) is 0 Å². The topological polar surface area (TPSA) is 187 Å².